The van der Waals surface area contributed by atoms with Crippen LogP contribution in [0.2, 0.25) is 0 Å². The van der Waals surface area contributed by atoms with E-state index in [1.165, 1.54) is 11.3 Å². The minimum atomic E-state index is -0.367. The van der Waals surface area contributed by atoms with Crippen LogP contribution in [-0.4, -0.2) is 46.1 Å². The minimum absolute atomic E-state index is 0.144. The minimum Gasteiger partial charge on any atom is -0.460 e. The van der Waals surface area contributed by atoms with E-state index in [-0.39, 0.29) is 31.1 Å². The van der Waals surface area contributed by atoms with Gasteiger partial charge in [0, 0.05) is 0 Å². The van der Waals surface area contributed by atoms with Gasteiger partial charge >= 0.3 is 5.97 Å². The molecule has 0 radical (unpaired) electrons. The number of amides is 1. The fourth-order valence-electron chi connectivity index (χ4n) is 2.68. The summed E-state index contributed by atoms with van der Waals surface area (Å²) in [5.74, 6) is -0.477. The molecule has 8 heteroatoms. The Bertz CT molecular complexity index is 678. The van der Waals surface area contributed by atoms with Crippen LogP contribution in [-0.2, 0) is 20.9 Å². The van der Waals surface area contributed by atoms with Crippen LogP contribution in [0.5, 0.6) is 0 Å². The third-order valence-electron chi connectivity index (χ3n) is 3.81. The Morgan fingerprint density at radius 1 is 1.33 bits per heavy atom. The van der Waals surface area contributed by atoms with E-state index in [4.69, 9.17) is 4.74 Å². The highest BCUT2D eigenvalue weighted by Crippen LogP contribution is 2.19. The molecule has 1 N–H and O–H groups in total. The Morgan fingerprint density at radius 2 is 2.17 bits per heavy atom. The average Bonchev–Trinajstić information content (AvgIpc) is 3.25. The Labute approximate surface area is 143 Å². The summed E-state index contributed by atoms with van der Waals surface area (Å²) in [4.78, 5) is 26.2. The first-order valence-electron chi connectivity index (χ1n) is 7.73. The van der Waals surface area contributed by atoms with Crippen molar-refractivity contribution in [3.63, 3.8) is 0 Å². The van der Waals surface area contributed by atoms with E-state index in [1.54, 1.807) is 5.51 Å². The lowest BCUT2D eigenvalue weighted by Crippen LogP contribution is -2.41. The van der Waals surface area contributed by atoms with E-state index >= 15 is 0 Å². The number of nitrogens with zero attached hydrogens (tertiary/aromatic N) is 3. The molecule has 24 heavy (non-hydrogen) atoms. The number of likely N-dealkylation sites (tertiary alicyclic amines) is 1. The van der Waals surface area contributed by atoms with E-state index < -0.39 is 0 Å². The molecule has 0 bridgehead atoms. The predicted octanol–water partition coefficient (Wildman–Crippen LogP) is 1.68. The van der Waals surface area contributed by atoms with Crippen LogP contribution in [0, 0.1) is 0 Å². The number of benzene rings is 1. The first-order chi connectivity index (χ1) is 11.7. The highest BCUT2D eigenvalue weighted by atomic mass is 32.1. The molecule has 0 aliphatic carbocycles. The van der Waals surface area contributed by atoms with Crippen molar-refractivity contribution in [2.75, 3.05) is 18.4 Å². The van der Waals surface area contributed by atoms with Crippen LogP contribution in [0.15, 0.2) is 35.8 Å². The van der Waals surface area contributed by atoms with Crippen molar-refractivity contribution in [1.82, 2.24) is 15.1 Å². The number of ether oxygens (including phenoxy) is 1. The van der Waals surface area contributed by atoms with Crippen molar-refractivity contribution >= 4 is 28.3 Å². The van der Waals surface area contributed by atoms with E-state index in [0.29, 0.717) is 18.1 Å². The van der Waals surface area contributed by atoms with E-state index in [2.05, 4.69) is 15.5 Å². The summed E-state index contributed by atoms with van der Waals surface area (Å²) in [7, 11) is 0. The van der Waals surface area contributed by atoms with Crippen molar-refractivity contribution in [3.05, 3.63) is 41.4 Å². The monoisotopic (exact) mass is 346 g/mol. The maximum atomic E-state index is 12.3. The highest BCUT2D eigenvalue weighted by molar-refractivity contribution is 7.13. The second-order valence-electron chi connectivity index (χ2n) is 5.51. The molecule has 2 aromatic rings. The lowest BCUT2D eigenvalue weighted by molar-refractivity contribution is -0.150. The second-order valence-corrected chi connectivity index (χ2v) is 6.35. The molecule has 1 atom stereocenters. The number of esters is 1. The molecule has 0 saturated carbocycles. The predicted molar refractivity (Wildman–Crippen MR) is 89.4 cm³/mol. The number of carbonyl (C=O) groups excluding carboxylic acids is 2. The van der Waals surface area contributed by atoms with E-state index in [9.17, 15) is 9.59 Å². The molecule has 1 fully saturated rings. The van der Waals surface area contributed by atoms with Crippen LogP contribution < -0.4 is 5.32 Å². The lowest BCUT2D eigenvalue weighted by Gasteiger charge is -2.22. The quantitative estimate of drug-likeness (QED) is 0.801. The zero-order valence-electron chi connectivity index (χ0n) is 13.1. The van der Waals surface area contributed by atoms with Gasteiger partial charge in [0.2, 0.25) is 11.0 Å². The third kappa shape index (κ3) is 4.36. The molecule has 126 valence electrons. The first kappa shape index (κ1) is 16.5. The van der Waals surface area contributed by atoms with Crippen LogP contribution >= 0.6 is 11.3 Å². The summed E-state index contributed by atoms with van der Waals surface area (Å²) in [5, 5.41) is 10.6. The summed E-state index contributed by atoms with van der Waals surface area (Å²) in [5.41, 5.74) is 2.50. The molecular formula is C16H18N4O3S. The molecule has 1 aromatic carbocycles. The first-order valence-corrected chi connectivity index (χ1v) is 8.61. The molecule has 1 aromatic heterocycles. The van der Waals surface area contributed by atoms with Crippen molar-refractivity contribution < 1.29 is 14.3 Å². The van der Waals surface area contributed by atoms with Gasteiger partial charge in [0.25, 0.3) is 0 Å². The maximum absolute atomic E-state index is 12.3. The summed E-state index contributed by atoms with van der Waals surface area (Å²) in [6.07, 6.45) is 1.58. The van der Waals surface area contributed by atoms with Gasteiger partial charge in [-0.15, -0.1) is 10.2 Å². The summed E-state index contributed by atoms with van der Waals surface area (Å²) < 4.78 is 5.40. The number of hydrogen-bond donors (Lipinski definition) is 1. The maximum Gasteiger partial charge on any atom is 0.323 e. The zero-order valence-corrected chi connectivity index (χ0v) is 13.9. The van der Waals surface area contributed by atoms with Gasteiger partial charge in [-0.2, -0.15) is 0 Å². The molecule has 3 rings (SSSR count). The van der Waals surface area contributed by atoms with Gasteiger partial charge in [-0.25, -0.2) is 0 Å². The SMILES string of the molecule is O=C(CN1CCCC1C(=O)OCc1ccccc1)Nc1nncs1. The summed E-state index contributed by atoms with van der Waals surface area (Å²) in [6.45, 7) is 1.10. The number of anilines is 1. The van der Waals surface area contributed by atoms with Gasteiger partial charge < -0.3 is 4.74 Å². The number of carbonyl (C=O) groups is 2. The summed E-state index contributed by atoms with van der Waals surface area (Å²) >= 11 is 1.26. The molecule has 1 aliphatic heterocycles. The molecule has 2 heterocycles. The van der Waals surface area contributed by atoms with Crippen molar-refractivity contribution in [2.24, 2.45) is 0 Å². The topological polar surface area (TPSA) is 84.4 Å². The molecule has 1 aliphatic rings. The Kier molecular flexibility index (Phi) is 5.50. The zero-order chi connectivity index (χ0) is 16.8. The fourth-order valence-corrected chi connectivity index (χ4v) is 3.14. The molecule has 0 spiro atoms. The Hall–Kier alpha value is -2.32. The summed E-state index contributed by atoms with van der Waals surface area (Å²) in [6, 6.07) is 9.19. The average molecular weight is 346 g/mol. The van der Waals surface area contributed by atoms with Gasteiger partial charge in [-0.3, -0.25) is 19.8 Å². The standard InChI is InChI=1S/C16H18N4O3S/c21-14(18-16-19-17-11-24-16)9-20-8-4-7-13(20)15(22)23-10-12-5-2-1-3-6-12/h1-3,5-6,11,13H,4,7-10H2,(H,18,19,21). The van der Waals surface area contributed by atoms with Crippen molar-refractivity contribution in [2.45, 2.75) is 25.5 Å². The Morgan fingerprint density at radius 3 is 2.92 bits per heavy atom. The van der Waals surface area contributed by atoms with Gasteiger partial charge in [0.15, 0.2) is 0 Å². The van der Waals surface area contributed by atoms with Crippen LogP contribution in [0.25, 0.3) is 0 Å². The number of rotatable bonds is 6. The third-order valence-corrected chi connectivity index (χ3v) is 4.42. The normalized spacial score (nSPS) is 17.6. The van der Waals surface area contributed by atoms with Gasteiger partial charge in [0.1, 0.15) is 18.2 Å². The number of hydrogen-bond acceptors (Lipinski definition) is 7. The smallest absolute Gasteiger partial charge is 0.323 e. The molecule has 1 saturated heterocycles. The van der Waals surface area contributed by atoms with Gasteiger partial charge in [-0.05, 0) is 24.9 Å². The van der Waals surface area contributed by atoms with Crippen LogP contribution in [0.1, 0.15) is 18.4 Å². The van der Waals surface area contributed by atoms with Crippen molar-refractivity contribution in [1.29, 1.82) is 0 Å². The lowest BCUT2D eigenvalue weighted by atomic mass is 10.2. The van der Waals surface area contributed by atoms with Crippen LogP contribution in [0.4, 0.5) is 5.13 Å². The largest absolute Gasteiger partial charge is 0.460 e. The fraction of sp³-hybridized carbons (Fsp3) is 0.375. The van der Waals surface area contributed by atoms with Gasteiger partial charge in [0.05, 0.1) is 6.54 Å². The van der Waals surface area contributed by atoms with Crippen molar-refractivity contribution in [3.8, 4) is 0 Å². The second kappa shape index (κ2) is 7.98. The molecular weight excluding hydrogens is 328 g/mol. The molecule has 7 nitrogen and oxygen atoms in total. The number of aromatic nitrogens is 2. The highest BCUT2D eigenvalue weighted by Gasteiger charge is 2.33. The number of nitrogens with one attached hydrogen (secondary N) is 1. The van der Waals surface area contributed by atoms with Crippen LogP contribution in [0.3, 0.4) is 0 Å². The van der Waals surface area contributed by atoms with E-state index in [0.717, 1.165) is 12.0 Å². The molecule has 1 unspecified atom stereocenters. The van der Waals surface area contributed by atoms with E-state index in [1.807, 2.05) is 35.2 Å². The van der Waals surface area contributed by atoms with Gasteiger partial charge in [-0.1, -0.05) is 41.7 Å². The molecule has 1 amide bonds. The Balaban J connectivity index is 1.50.